The summed E-state index contributed by atoms with van der Waals surface area (Å²) in [6.45, 7) is 3.64. The van der Waals surface area contributed by atoms with Gasteiger partial charge in [-0.25, -0.2) is 13.6 Å². The van der Waals surface area contributed by atoms with Crippen LogP contribution in [0.25, 0.3) is 0 Å². The first-order valence-corrected chi connectivity index (χ1v) is 9.34. The third-order valence-electron chi connectivity index (χ3n) is 3.68. The Balaban J connectivity index is 2.29. The molecule has 0 fully saturated rings. The smallest absolute Gasteiger partial charge is 0.238 e. The highest BCUT2D eigenvalue weighted by Crippen LogP contribution is 2.25. The topological polar surface area (TPSA) is 89.3 Å². The molecule has 2 rings (SSSR count). The van der Waals surface area contributed by atoms with E-state index in [1.807, 2.05) is 6.92 Å². The van der Waals surface area contributed by atoms with E-state index in [9.17, 15) is 13.2 Å². The first-order valence-electron chi connectivity index (χ1n) is 7.42. The Kier molecular flexibility index (Phi) is 5.64. The summed E-state index contributed by atoms with van der Waals surface area (Å²) < 4.78 is 23.6. The van der Waals surface area contributed by atoms with E-state index >= 15 is 0 Å². The molecule has 0 atom stereocenters. The van der Waals surface area contributed by atoms with Crippen LogP contribution in [0.2, 0.25) is 5.02 Å². The normalized spacial score (nSPS) is 11.3. The van der Waals surface area contributed by atoms with Crippen LogP contribution in [0.15, 0.2) is 41.3 Å². The molecule has 0 radical (unpaired) electrons. The van der Waals surface area contributed by atoms with Crippen LogP contribution in [0.1, 0.15) is 23.6 Å². The Morgan fingerprint density at radius 2 is 1.92 bits per heavy atom. The first kappa shape index (κ1) is 18.4. The van der Waals surface area contributed by atoms with Gasteiger partial charge in [-0.15, -0.1) is 0 Å². The molecule has 0 bridgehead atoms. The number of amides is 1. The van der Waals surface area contributed by atoms with Gasteiger partial charge in [0.2, 0.25) is 15.9 Å². The maximum Gasteiger partial charge on any atom is 0.238 e. The summed E-state index contributed by atoms with van der Waals surface area (Å²) in [7, 11) is -3.86. The Labute approximate surface area is 146 Å². The number of anilines is 1. The van der Waals surface area contributed by atoms with Crippen LogP contribution in [0.3, 0.4) is 0 Å². The van der Waals surface area contributed by atoms with Crippen molar-refractivity contribution in [3.8, 4) is 0 Å². The number of nitrogens with two attached hydrogens (primary N) is 1. The summed E-state index contributed by atoms with van der Waals surface area (Å²) in [5.74, 6) is -0.285. The predicted molar refractivity (Wildman–Crippen MR) is 95.7 cm³/mol. The van der Waals surface area contributed by atoms with Crippen LogP contribution in [0, 0.1) is 6.92 Å². The SMILES string of the molecule is CCc1c(C)cc(NC(=O)Cc2ccccc2Cl)cc1S(N)(=O)=O. The molecule has 2 aromatic carbocycles. The third kappa shape index (κ3) is 4.35. The van der Waals surface area contributed by atoms with Gasteiger partial charge in [0.05, 0.1) is 11.3 Å². The van der Waals surface area contributed by atoms with Crippen LogP contribution in [0.4, 0.5) is 5.69 Å². The van der Waals surface area contributed by atoms with Gasteiger partial charge < -0.3 is 5.32 Å². The molecule has 0 saturated heterocycles. The number of benzene rings is 2. The fraction of sp³-hybridized carbons (Fsp3) is 0.235. The molecule has 0 spiro atoms. The number of nitrogens with one attached hydrogen (secondary N) is 1. The standard InChI is InChI=1S/C17H19ClN2O3S/c1-3-14-11(2)8-13(10-16(14)24(19,22)23)20-17(21)9-12-6-4-5-7-15(12)18/h4-8,10H,3,9H2,1-2H3,(H,20,21)(H2,19,22,23). The minimum absolute atomic E-state index is 0.0399. The Morgan fingerprint density at radius 1 is 1.25 bits per heavy atom. The highest BCUT2D eigenvalue weighted by atomic mass is 35.5. The van der Waals surface area contributed by atoms with Crippen molar-refractivity contribution in [2.24, 2.45) is 5.14 Å². The van der Waals surface area contributed by atoms with Crippen molar-refractivity contribution < 1.29 is 13.2 Å². The van der Waals surface area contributed by atoms with Crippen molar-refractivity contribution in [1.29, 1.82) is 0 Å². The number of hydrogen-bond donors (Lipinski definition) is 2. The molecule has 1 amide bonds. The van der Waals surface area contributed by atoms with E-state index in [4.69, 9.17) is 16.7 Å². The van der Waals surface area contributed by atoms with Crippen molar-refractivity contribution in [2.75, 3.05) is 5.32 Å². The molecule has 128 valence electrons. The van der Waals surface area contributed by atoms with Crippen LogP contribution in [-0.2, 0) is 27.7 Å². The van der Waals surface area contributed by atoms with Crippen LogP contribution >= 0.6 is 11.6 Å². The van der Waals surface area contributed by atoms with Crippen molar-refractivity contribution >= 4 is 33.2 Å². The minimum Gasteiger partial charge on any atom is -0.326 e. The summed E-state index contributed by atoms with van der Waals surface area (Å²) in [5, 5.41) is 8.50. The third-order valence-corrected chi connectivity index (χ3v) is 5.03. The molecule has 0 aromatic heterocycles. The molecule has 3 N–H and O–H groups in total. The Bertz CT molecular complexity index is 879. The van der Waals surface area contributed by atoms with Gasteiger partial charge in [-0.05, 0) is 48.2 Å². The second-order valence-electron chi connectivity index (χ2n) is 5.48. The monoisotopic (exact) mass is 366 g/mol. The lowest BCUT2D eigenvalue weighted by molar-refractivity contribution is -0.115. The zero-order chi connectivity index (χ0) is 17.9. The summed E-state index contributed by atoms with van der Waals surface area (Å²) in [6.07, 6.45) is 0.629. The fourth-order valence-corrected chi connectivity index (χ4v) is 3.73. The van der Waals surface area contributed by atoms with Crippen molar-refractivity contribution in [3.63, 3.8) is 0 Å². The van der Waals surface area contributed by atoms with E-state index < -0.39 is 10.0 Å². The Hall–Kier alpha value is -1.89. The molecule has 0 aliphatic carbocycles. The quantitative estimate of drug-likeness (QED) is 0.852. The van der Waals surface area contributed by atoms with Gasteiger partial charge in [0.1, 0.15) is 0 Å². The van der Waals surface area contributed by atoms with E-state index in [1.165, 1.54) is 6.07 Å². The van der Waals surface area contributed by atoms with Crippen molar-refractivity contribution in [3.05, 3.63) is 58.1 Å². The van der Waals surface area contributed by atoms with Crippen LogP contribution < -0.4 is 10.5 Å². The molecule has 0 unspecified atom stereocenters. The summed E-state index contributed by atoms with van der Waals surface area (Å²) in [5.41, 5.74) is 2.51. The van der Waals surface area contributed by atoms with Crippen molar-refractivity contribution in [2.45, 2.75) is 31.6 Å². The van der Waals surface area contributed by atoms with Gasteiger partial charge in [0, 0.05) is 10.7 Å². The lowest BCUT2D eigenvalue weighted by Crippen LogP contribution is -2.18. The van der Waals surface area contributed by atoms with E-state index in [1.54, 1.807) is 37.3 Å². The molecule has 0 saturated carbocycles. The number of halogens is 1. The molecule has 7 heteroatoms. The van der Waals surface area contributed by atoms with E-state index in [2.05, 4.69) is 5.32 Å². The van der Waals surface area contributed by atoms with Gasteiger partial charge in [-0.1, -0.05) is 36.7 Å². The highest BCUT2D eigenvalue weighted by Gasteiger charge is 2.17. The second kappa shape index (κ2) is 7.34. The van der Waals surface area contributed by atoms with Crippen LogP contribution in [0.5, 0.6) is 0 Å². The van der Waals surface area contributed by atoms with Gasteiger partial charge in [0.15, 0.2) is 0 Å². The highest BCUT2D eigenvalue weighted by molar-refractivity contribution is 7.89. The molecule has 5 nitrogen and oxygen atoms in total. The lowest BCUT2D eigenvalue weighted by atomic mass is 10.1. The van der Waals surface area contributed by atoms with Gasteiger partial charge in [-0.3, -0.25) is 4.79 Å². The molecule has 0 aliphatic heterocycles. The van der Waals surface area contributed by atoms with Gasteiger partial charge >= 0.3 is 0 Å². The number of carbonyl (C=O) groups is 1. The predicted octanol–water partition coefficient (Wildman–Crippen LogP) is 3.04. The van der Waals surface area contributed by atoms with Crippen LogP contribution in [-0.4, -0.2) is 14.3 Å². The molecular formula is C17H19ClN2O3S. The van der Waals surface area contributed by atoms with Crippen molar-refractivity contribution in [1.82, 2.24) is 0 Å². The molecule has 0 heterocycles. The molecular weight excluding hydrogens is 348 g/mol. The van der Waals surface area contributed by atoms with E-state index in [0.29, 0.717) is 28.3 Å². The summed E-state index contributed by atoms with van der Waals surface area (Å²) in [6, 6.07) is 10.2. The van der Waals surface area contributed by atoms with Gasteiger partial charge in [-0.2, -0.15) is 0 Å². The summed E-state index contributed by atoms with van der Waals surface area (Å²) in [4.78, 5) is 12.3. The molecule has 0 aliphatic rings. The molecule has 24 heavy (non-hydrogen) atoms. The second-order valence-corrected chi connectivity index (χ2v) is 7.42. The largest absolute Gasteiger partial charge is 0.326 e. The number of sulfonamides is 1. The first-order chi connectivity index (χ1) is 11.2. The average molecular weight is 367 g/mol. The summed E-state index contributed by atoms with van der Waals surface area (Å²) >= 11 is 6.05. The average Bonchev–Trinajstić information content (AvgIpc) is 2.48. The molecule has 2 aromatic rings. The number of carbonyl (C=O) groups excluding carboxylic acids is 1. The maximum absolute atomic E-state index is 12.2. The lowest BCUT2D eigenvalue weighted by Gasteiger charge is -2.13. The maximum atomic E-state index is 12.2. The Morgan fingerprint density at radius 3 is 2.50 bits per heavy atom. The number of hydrogen-bond acceptors (Lipinski definition) is 3. The minimum atomic E-state index is -3.86. The number of aryl methyl sites for hydroxylation is 1. The zero-order valence-electron chi connectivity index (χ0n) is 13.5. The van der Waals surface area contributed by atoms with E-state index in [0.717, 1.165) is 5.56 Å². The van der Waals surface area contributed by atoms with E-state index in [-0.39, 0.29) is 17.2 Å². The van der Waals surface area contributed by atoms with Gasteiger partial charge in [0.25, 0.3) is 0 Å². The number of primary sulfonamides is 1. The zero-order valence-corrected chi connectivity index (χ0v) is 15.0. The number of rotatable bonds is 5. The fourth-order valence-electron chi connectivity index (χ4n) is 2.58.